The molecule has 0 aliphatic carbocycles. The quantitative estimate of drug-likeness (QED) is 0.687. The fraction of sp³-hybridized carbons (Fsp3) is 0.900. The van der Waals surface area contributed by atoms with Gasteiger partial charge in [0.15, 0.2) is 0 Å². The van der Waals surface area contributed by atoms with Crippen LogP contribution in [-0.4, -0.2) is 54.2 Å². The number of thiol groups is 1. The number of nitrogens with zero attached hydrogens (tertiary/aromatic N) is 2. The first-order valence-corrected chi connectivity index (χ1v) is 5.69. The molecule has 1 unspecified atom stereocenters. The van der Waals surface area contributed by atoms with Crippen LogP contribution in [0.25, 0.3) is 0 Å². The van der Waals surface area contributed by atoms with Crippen molar-refractivity contribution in [2.24, 2.45) is 5.92 Å². The number of piperazine rings is 1. The van der Waals surface area contributed by atoms with Gasteiger partial charge in [-0.25, -0.2) is 0 Å². The van der Waals surface area contributed by atoms with Crippen LogP contribution >= 0.6 is 12.6 Å². The van der Waals surface area contributed by atoms with E-state index >= 15 is 0 Å². The van der Waals surface area contributed by atoms with E-state index in [1.165, 1.54) is 0 Å². The molecule has 0 aromatic heterocycles. The van der Waals surface area contributed by atoms with E-state index in [4.69, 9.17) is 0 Å². The molecule has 1 saturated heterocycles. The van der Waals surface area contributed by atoms with Crippen molar-refractivity contribution in [1.29, 1.82) is 0 Å². The molecule has 1 fully saturated rings. The van der Waals surface area contributed by atoms with Crippen molar-refractivity contribution in [3.05, 3.63) is 0 Å². The van der Waals surface area contributed by atoms with E-state index in [0.717, 1.165) is 26.2 Å². The number of amides is 1. The van der Waals surface area contributed by atoms with Gasteiger partial charge in [0.1, 0.15) is 0 Å². The van der Waals surface area contributed by atoms with Crippen molar-refractivity contribution in [1.82, 2.24) is 9.80 Å². The number of hydrogen-bond donors (Lipinski definition) is 1. The van der Waals surface area contributed by atoms with Gasteiger partial charge in [-0.3, -0.25) is 4.79 Å². The predicted octanol–water partition coefficient (Wildman–Crippen LogP) is 0.715. The summed E-state index contributed by atoms with van der Waals surface area (Å²) in [5.41, 5.74) is 0. The minimum atomic E-state index is -0.140. The van der Waals surface area contributed by atoms with Crippen molar-refractivity contribution in [2.45, 2.75) is 19.1 Å². The largest absolute Gasteiger partial charge is 0.339 e. The van der Waals surface area contributed by atoms with Crippen LogP contribution < -0.4 is 0 Å². The summed E-state index contributed by atoms with van der Waals surface area (Å²) in [4.78, 5) is 16.0. The van der Waals surface area contributed by atoms with Crippen LogP contribution in [-0.2, 0) is 4.79 Å². The zero-order valence-electron chi connectivity index (χ0n) is 9.23. The minimum absolute atomic E-state index is 0.140. The third kappa shape index (κ3) is 2.89. The van der Waals surface area contributed by atoms with E-state index in [0.29, 0.717) is 5.92 Å². The van der Waals surface area contributed by atoms with Gasteiger partial charge in [-0.05, 0) is 13.0 Å². The Bertz CT molecular complexity index is 200. The average Bonchev–Trinajstić information content (AvgIpc) is 2.16. The first kappa shape index (κ1) is 11.9. The van der Waals surface area contributed by atoms with E-state index in [-0.39, 0.29) is 11.2 Å². The second kappa shape index (κ2) is 5.03. The maximum absolute atomic E-state index is 11.9. The summed E-state index contributed by atoms with van der Waals surface area (Å²) in [6.07, 6.45) is 0. The van der Waals surface area contributed by atoms with Crippen molar-refractivity contribution >= 4 is 18.5 Å². The van der Waals surface area contributed by atoms with E-state index in [2.05, 4.69) is 24.6 Å². The lowest BCUT2D eigenvalue weighted by Crippen LogP contribution is -2.50. The van der Waals surface area contributed by atoms with Gasteiger partial charge in [-0.1, -0.05) is 13.8 Å². The fourth-order valence-electron chi connectivity index (χ4n) is 1.50. The maximum Gasteiger partial charge on any atom is 0.235 e. The van der Waals surface area contributed by atoms with Gasteiger partial charge in [0.05, 0.1) is 5.25 Å². The summed E-state index contributed by atoms with van der Waals surface area (Å²) in [7, 11) is 2.09. The second-order valence-corrected chi connectivity index (χ2v) is 4.87. The zero-order valence-corrected chi connectivity index (χ0v) is 10.1. The third-order valence-corrected chi connectivity index (χ3v) is 3.52. The van der Waals surface area contributed by atoms with E-state index in [1.807, 2.05) is 18.7 Å². The standard InChI is InChI=1S/C10H20N2OS/c1-8(2)9(14)10(13)12-6-4-11(3)5-7-12/h8-9,14H,4-7H2,1-3H3. The first-order chi connectivity index (χ1) is 6.52. The van der Waals surface area contributed by atoms with E-state index < -0.39 is 0 Å². The summed E-state index contributed by atoms with van der Waals surface area (Å²) in [5, 5.41) is -0.140. The minimum Gasteiger partial charge on any atom is -0.339 e. The Morgan fingerprint density at radius 3 is 2.14 bits per heavy atom. The van der Waals surface area contributed by atoms with Crippen LogP contribution in [0.4, 0.5) is 0 Å². The molecule has 0 saturated carbocycles. The molecule has 0 bridgehead atoms. The summed E-state index contributed by atoms with van der Waals surface area (Å²) in [6.45, 7) is 7.71. The highest BCUT2D eigenvalue weighted by atomic mass is 32.1. The van der Waals surface area contributed by atoms with Crippen LogP contribution in [0.1, 0.15) is 13.8 Å². The van der Waals surface area contributed by atoms with Crippen LogP contribution in [0.5, 0.6) is 0 Å². The molecule has 3 nitrogen and oxygen atoms in total. The van der Waals surface area contributed by atoms with Gasteiger partial charge in [0.2, 0.25) is 5.91 Å². The molecule has 0 aromatic carbocycles. The molecule has 0 N–H and O–H groups in total. The number of carbonyl (C=O) groups excluding carboxylic acids is 1. The van der Waals surface area contributed by atoms with Crippen LogP contribution in [0, 0.1) is 5.92 Å². The van der Waals surface area contributed by atoms with Crippen LogP contribution in [0.3, 0.4) is 0 Å². The van der Waals surface area contributed by atoms with Gasteiger partial charge in [-0.2, -0.15) is 12.6 Å². The molecule has 0 radical (unpaired) electrons. The summed E-state index contributed by atoms with van der Waals surface area (Å²) < 4.78 is 0. The third-order valence-electron chi connectivity index (χ3n) is 2.70. The predicted molar refractivity (Wildman–Crippen MR) is 61.7 cm³/mol. The highest BCUT2D eigenvalue weighted by Crippen LogP contribution is 2.13. The normalized spacial score (nSPS) is 21.4. The molecule has 0 aromatic rings. The molecule has 1 amide bonds. The van der Waals surface area contributed by atoms with Crippen molar-refractivity contribution < 1.29 is 4.79 Å². The van der Waals surface area contributed by atoms with Crippen molar-refractivity contribution in [3.8, 4) is 0 Å². The molecule has 1 aliphatic rings. The van der Waals surface area contributed by atoms with Gasteiger partial charge < -0.3 is 9.80 Å². The van der Waals surface area contributed by atoms with Crippen molar-refractivity contribution in [3.63, 3.8) is 0 Å². The number of rotatable bonds is 2. The Morgan fingerprint density at radius 2 is 1.71 bits per heavy atom. The summed E-state index contributed by atoms with van der Waals surface area (Å²) in [5.74, 6) is 0.502. The number of likely N-dealkylation sites (N-methyl/N-ethyl adjacent to an activating group) is 1. The van der Waals surface area contributed by atoms with Gasteiger partial charge in [0.25, 0.3) is 0 Å². The Kier molecular flexibility index (Phi) is 4.26. The molecule has 1 rings (SSSR count). The molecule has 0 spiro atoms. The molecule has 82 valence electrons. The van der Waals surface area contributed by atoms with Gasteiger partial charge >= 0.3 is 0 Å². The highest BCUT2D eigenvalue weighted by molar-refractivity contribution is 7.81. The van der Waals surface area contributed by atoms with Crippen molar-refractivity contribution in [2.75, 3.05) is 33.2 Å². The van der Waals surface area contributed by atoms with E-state index in [9.17, 15) is 4.79 Å². The molecule has 1 atom stereocenters. The topological polar surface area (TPSA) is 23.6 Å². The number of hydrogen-bond acceptors (Lipinski definition) is 3. The molecular formula is C10H20N2OS. The van der Waals surface area contributed by atoms with Crippen LogP contribution in [0.2, 0.25) is 0 Å². The lowest BCUT2D eigenvalue weighted by Gasteiger charge is -2.34. The zero-order chi connectivity index (χ0) is 10.7. The molecular weight excluding hydrogens is 196 g/mol. The Morgan fingerprint density at radius 1 is 1.21 bits per heavy atom. The monoisotopic (exact) mass is 216 g/mol. The SMILES string of the molecule is CC(C)C(S)C(=O)N1CCN(C)CC1. The number of carbonyl (C=O) groups is 1. The molecule has 14 heavy (non-hydrogen) atoms. The summed E-state index contributed by atoms with van der Waals surface area (Å²) in [6, 6.07) is 0. The van der Waals surface area contributed by atoms with Gasteiger partial charge in [-0.15, -0.1) is 0 Å². The van der Waals surface area contributed by atoms with E-state index in [1.54, 1.807) is 0 Å². The Hall–Kier alpha value is -0.220. The van der Waals surface area contributed by atoms with Crippen LogP contribution in [0.15, 0.2) is 0 Å². The first-order valence-electron chi connectivity index (χ1n) is 5.17. The molecule has 4 heteroatoms. The second-order valence-electron chi connectivity index (χ2n) is 4.32. The van der Waals surface area contributed by atoms with Gasteiger partial charge in [0, 0.05) is 26.2 Å². The Balaban J connectivity index is 2.45. The average molecular weight is 216 g/mol. The maximum atomic E-state index is 11.9. The molecule has 1 aliphatic heterocycles. The lowest BCUT2D eigenvalue weighted by molar-refractivity contribution is -0.132. The smallest absolute Gasteiger partial charge is 0.235 e. The lowest BCUT2D eigenvalue weighted by atomic mass is 10.1. The fourth-order valence-corrected chi connectivity index (χ4v) is 1.66. The summed E-state index contributed by atoms with van der Waals surface area (Å²) >= 11 is 4.35. The highest BCUT2D eigenvalue weighted by Gasteiger charge is 2.25. The Labute approximate surface area is 91.9 Å². The molecule has 1 heterocycles.